The summed E-state index contributed by atoms with van der Waals surface area (Å²) < 4.78 is 325. The van der Waals surface area contributed by atoms with Gasteiger partial charge in [-0.3, -0.25) is 31.9 Å². The van der Waals surface area contributed by atoms with Gasteiger partial charge in [-0.25, -0.2) is 26.3 Å². The van der Waals surface area contributed by atoms with E-state index in [4.69, 9.17) is 57.0 Å². The van der Waals surface area contributed by atoms with Crippen molar-refractivity contribution in [3.8, 4) is 0 Å². The van der Waals surface area contributed by atoms with Crippen LogP contribution < -0.4 is 14.2 Å². The van der Waals surface area contributed by atoms with Gasteiger partial charge in [-0.15, -0.1) is 4.33 Å². The first kappa shape index (κ1) is 84.5. The maximum absolute atomic E-state index is 13.3. The fraction of sp³-hybridized carbons (Fsp3) is 0.947. The molecule has 0 amide bonds. The molecule has 0 spiro atoms. The van der Waals surface area contributed by atoms with Crippen LogP contribution in [-0.2, 0) is 170 Å². The molecule has 5 aliphatic heterocycles. The second-order valence-corrected chi connectivity index (χ2v) is 29.3. The van der Waals surface area contributed by atoms with Crippen LogP contribution in [0.1, 0.15) is 32.1 Å². The third kappa shape index (κ3) is 24.9. The number of carboxylic acid groups (broad SMARTS) is 2. The first-order valence-electron chi connectivity index (χ1n) is 27.0. The lowest BCUT2D eigenvalue weighted by molar-refractivity contribution is -0.620. The first-order chi connectivity index (χ1) is 45.1. The normalized spacial score (nSPS) is 37.7. The van der Waals surface area contributed by atoms with Crippen LogP contribution >= 0.6 is 12.9 Å². The molecule has 0 unspecified atom stereocenters. The Labute approximate surface area is 558 Å². The SMILES string of the molecule is CO[C@H]1O[C@H](COS(=O)(=O)O)[C@@H](O[C@@H]2O[C@@H](C(=O)O)[C@@H](O[C@H]3O[C@H](COS(=O)(=O)O)[C@@H](O[C@@H]4O[C@H](C(=O)O)[C@@H](O[C@H]5O[C@H](COS(=O)(=O)O)[C@@H](O)[C@H](O)[C@H]5NS(=O)(=O)O)[C@H](O)[C@H]4OCC4CCCCC4)[C@H](OOOOS)[C@H]3NS(=O)(=O)O)[C@H](O)[C@H]2OS(=O)(=O)O)[C@H](O)[C@H]1NS(=O)(=O)O. The predicted molar refractivity (Wildman–Crippen MR) is 293 cm³/mol. The van der Waals surface area contributed by atoms with Crippen molar-refractivity contribution >= 4 is 97.4 Å². The Morgan fingerprint density at radius 3 is 1.30 bits per heavy atom. The zero-order valence-corrected chi connectivity index (χ0v) is 55.3. The molecule has 0 aromatic rings. The molecule has 1 saturated carbocycles. The van der Waals surface area contributed by atoms with Gasteiger partial charge >= 0.3 is 84.4 Å². The lowest BCUT2D eigenvalue weighted by atomic mass is 9.90. The van der Waals surface area contributed by atoms with Gasteiger partial charge in [0.2, 0.25) is 0 Å². The summed E-state index contributed by atoms with van der Waals surface area (Å²) in [7, 11) is -39.0. The van der Waals surface area contributed by atoms with E-state index in [9.17, 15) is 136 Å². The van der Waals surface area contributed by atoms with Gasteiger partial charge < -0.3 is 87.9 Å². The van der Waals surface area contributed by atoms with Crippen molar-refractivity contribution in [3.05, 3.63) is 0 Å². The summed E-state index contributed by atoms with van der Waals surface area (Å²) >= 11 is 3.24. The van der Waals surface area contributed by atoms with Crippen LogP contribution in [0.3, 0.4) is 0 Å². The minimum absolute atomic E-state index is 0.385. The molecule has 52 nitrogen and oxygen atoms in total. The van der Waals surface area contributed by atoms with E-state index in [1.54, 1.807) is 0 Å². The van der Waals surface area contributed by atoms with Crippen molar-refractivity contribution in [3.63, 3.8) is 0 Å². The Kier molecular flexibility index (Phi) is 29.9. The van der Waals surface area contributed by atoms with Gasteiger partial charge in [0.05, 0.1) is 26.4 Å². The van der Waals surface area contributed by atoms with E-state index < -0.39 is 270 Å². The average molecular weight is 1600 g/mol. The van der Waals surface area contributed by atoms with Crippen LogP contribution in [0, 0.1) is 5.92 Å². The fourth-order valence-corrected chi connectivity index (χ4v) is 13.9. The van der Waals surface area contributed by atoms with E-state index in [0.29, 0.717) is 32.1 Å². The van der Waals surface area contributed by atoms with Gasteiger partial charge in [0.25, 0.3) is 0 Å². The number of rotatable bonds is 35. The maximum atomic E-state index is 13.3. The number of methoxy groups -OCH3 is 1. The zero-order chi connectivity index (χ0) is 73.6. The number of carboxylic acids is 2. The predicted octanol–water partition coefficient (Wildman–Crippen LogP) is -10.3. The third-order valence-corrected chi connectivity index (χ3v) is 18.2. The number of aliphatic hydroxyl groups excluding tert-OH is 5. The molecule has 0 aromatic carbocycles. The summed E-state index contributed by atoms with van der Waals surface area (Å²) in [6.07, 6.45) is -56.8. The minimum Gasteiger partial charge on any atom is -0.479 e. The van der Waals surface area contributed by atoms with Crippen molar-refractivity contribution in [1.29, 1.82) is 0 Å². The number of ether oxygens (including phenoxy) is 11. The Bertz CT molecular complexity index is 3480. The van der Waals surface area contributed by atoms with E-state index in [1.165, 1.54) is 14.2 Å². The Morgan fingerprint density at radius 1 is 0.429 bits per heavy atom. The second-order valence-electron chi connectivity index (χ2n) is 21.3. The molecule has 1 aliphatic carbocycles. The number of aliphatic hydroxyl groups is 5. The molecule has 0 radical (unpaired) electrons. The summed E-state index contributed by atoms with van der Waals surface area (Å²) in [4.78, 5) is 31.6. The van der Waals surface area contributed by atoms with Crippen molar-refractivity contribution in [2.24, 2.45) is 5.92 Å². The summed E-state index contributed by atoms with van der Waals surface area (Å²) in [6, 6.07) is -7.71. The summed E-state index contributed by atoms with van der Waals surface area (Å²) in [5, 5.41) is 87.3. The maximum Gasteiger partial charge on any atom is 0.397 e. The van der Waals surface area contributed by atoms with Gasteiger partial charge in [-0.05, 0) is 28.8 Å². The highest BCUT2D eigenvalue weighted by Gasteiger charge is 2.61. The molecule has 0 aromatic heterocycles. The van der Waals surface area contributed by atoms with Crippen molar-refractivity contribution < 1.29 is 224 Å². The fourth-order valence-electron chi connectivity index (χ4n) is 10.7. The number of hydrogen-bond donors (Lipinski definition) is 18. The Hall–Kier alpha value is -2.42. The van der Waals surface area contributed by atoms with Gasteiger partial charge in [0.1, 0.15) is 104 Å². The average Bonchev–Trinajstić information content (AvgIpc) is 0.763. The molecule has 5 saturated heterocycles. The molecule has 6 aliphatic rings. The van der Waals surface area contributed by atoms with Crippen LogP contribution in [-0.4, -0.2) is 325 Å². The van der Waals surface area contributed by atoms with E-state index in [-0.39, 0.29) is 0 Å². The first-order valence-corrected chi connectivity index (χ1v) is 37.2. The molecular weight excluding hydrogens is 1540 g/mol. The summed E-state index contributed by atoms with van der Waals surface area (Å²) in [5.41, 5.74) is 0. The number of aliphatic carboxylic acids is 2. The number of carbonyl (C=O) groups is 2. The topological polar surface area (TPSA) is 768 Å². The van der Waals surface area contributed by atoms with E-state index in [1.807, 2.05) is 0 Å². The lowest BCUT2D eigenvalue weighted by Crippen LogP contribution is -2.71. The molecular formula is C38H65N3O49S8. The monoisotopic (exact) mass is 1600 g/mol. The Balaban J connectivity index is 1.46. The van der Waals surface area contributed by atoms with E-state index >= 15 is 0 Å². The van der Waals surface area contributed by atoms with Crippen molar-refractivity contribution in [2.45, 2.75) is 185 Å². The summed E-state index contributed by atoms with van der Waals surface area (Å²) in [6.45, 7) is -5.23. The molecule has 98 heavy (non-hydrogen) atoms. The van der Waals surface area contributed by atoms with Crippen LogP contribution in [0.15, 0.2) is 0 Å². The molecule has 574 valence electrons. The molecule has 60 heteroatoms. The molecule has 5 heterocycles. The smallest absolute Gasteiger partial charge is 0.397 e. The molecule has 0 bridgehead atoms. The van der Waals surface area contributed by atoms with Crippen LogP contribution in [0.5, 0.6) is 0 Å². The van der Waals surface area contributed by atoms with Gasteiger partial charge in [0, 0.05) is 20.0 Å². The minimum atomic E-state index is -6.11. The molecule has 25 atom stereocenters. The Morgan fingerprint density at radius 2 is 0.837 bits per heavy atom. The highest BCUT2D eigenvalue weighted by molar-refractivity contribution is 7.84. The quantitative estimate of drug-likeness (QED) is 0.00700. The van der Waals surface area contributed by atoms with E-state index in [2.05, 4.69) is 44.1 Å². The van der Waals surface area contributed by atoms with Crippen LogP contribution in [0.4, 0.5) is 0 Å². The standard InChI is InChI=1S/C38H65N3O49S8/c1-72-34-16(40-93(54,55)56)20(44)23(13(78-34)9-75-96(63,64)65)80-38-29(87-98(69,70)71)22(46)27(31(85-38)33(49)50)83-36-17(41-94(57,58)59)25(86-88-89-90-91)24(14(79-36)10-76-97(66,67)68)81-37-28(73-7-11-5-3-2-4-6-11)21(45)26(30(84-37)32(47)48)82-35-15(39-92(51,52)53)19(43)18(42)12(77-35)8-74-95(60,61)62/h11-31,34-46,91H,2-10H2,1H3,(H,47,48)(H,49,50)(H,51,52,53)(H,54,55,56)(H,57,58,59)(H,60,61,62)(H,63,64,65)(H,66,67,68)(H,69,70,71)/t12-,13-,14-,15-,16-,17-,18-,19-,20-,21+,22+,23-,24-,25-,26+,27+,28-,29-,30+,31-,34+,35-,36-,37-,38-/m1/s1. The van der Waals surface area contributed by atoms with E-state index in [0.717, 1.165) is 7.11 Å². The van der Waals surface area contributed by atoms with Gasteiger partial charge in [-0.1, -0.05) is 19.3 Å². The lowest BCUT2D eigenvalue weighted by Gasteiger charge is -2.50. The molecule has 17 N–H and O–H groups in total. The number of thiol groups is 1. The summed E-state index contributed by atoms with van der Waals surface area (Å²) in [5.74, 6) is -5.11. The zero-order valence-electron chi connectivity index (χ0n) is 48.7. The highest BCUT2D eigenvalue weighted by Crippen LogP contribution is 2.40. The largest absolute Gasteiger partial charge is 0.479 e. The van der Waals surface area contributed by atoms with Crippen LogP contribution in [0.25, 0.3) is 0 Å². The van der Waals surface area contributed by atoms with Crippen LogP contribution in [0.2, 0.25) is 0 Å². The van der Waals surface area contributed by atoms with Crippen molar-refractivity contribution in [1.82, 2.24) is 14.2 Å². The number of nitrogens with one attached hydrogen (secondary N) is 3. The van der Waals surface area contributed by atoms with Gasteiger partial charge in [0.15, 0.2) is 49.8 Å². The van der Waals surface area contributed by atoms with Crippen molar-refractivity contribution in [2.75, 3.05) is 33.5 Å². The number of hydrogen-bond acceptors (Lipinski definition) is 41. The highest BCUT2D eigenvalue weighted by atomic mass is 32.3. The third-order valence-electron chi connectivity index (χ3n) is 14.6. The molecule has 6 fully saturated rings. The second kappa shape index (κ2) is 34.7. The molecule has 6 rings (SSSR count). The van der Waals surface area contributed by atoms with Gasteiger partial charge in [-0.2, -0.15) is 78.0 Å².